The number of carbonyl (C=O) groups excluding carboxylic acids is 3. The fraction of sp³-hybridized carbons (Fsp3) is 0.500. The van der Waals surface area contributed by atoms with Gasteiger partial charge in [-0.3, -0.25) is 14.6 Å². The van der Waals surface area contributed by atoms with Crippen molar-refractivity contribution < 1.29 is 14.4 Å². The minimum atomic E-state index is -0.333. The van der Waals surface area contributed by atoms with Gasteiger partial charge in [-0.2, -0.15) is 0 Å². The Morgan fingerprint density at radius 2 is 1.97 bits per heavy atom. The number of aliphatic imine (C=N–C) groups is 1. The summed E-state index contributed by atoms with van der Waals surface area (Å²) in [6.07, 6.45) is 5.68. The van der Waals surface area contributed by atoms with Crippen LogP contribution >= 0.6 is 11.6 Å². The Hall–Kier alpha value is -2.67. The van der Waals surface area contributed by atoms with E-state index in [-0.39, 0.29) is 24.1 Å². The predicted molar refractivity (Wildman–Crippen MR) is 130 cm³/mol. The van der Waals surface area contributed by atoms with Crippen LogP contribution in [0.25, 0.3) is 0 Å². The first-order valence-corrected chi connectivity index (χ1v) is 11.5. The van der Waals surface area contributed by atoms with Crippen molar-refractivity contribution in [2.24, 2.45) is 10.7 Å². The third-order valence-electron chi connectivity index (χ3n) is 5.05. The van der Waals surface area contributed by atoms with Crippen LogP contribution in [0.3, 0.4) is 0 Å². The van der Waals surface area contributed by atoms with E-state index in [9.17, 15) is 14.4 Å². The van der Waals surface area contributed by atoms with Gasteiger partial charge in [0.25, 0.3) is 5.91 Å². The van der Waals surface area contributed by atoms with Crippen LogP contribution in [0.1, 0.15) is 64.9 Å². The van der Waals surface area contributed by atoms with E-state index in [4.69, 9.17) is 17.3 Å². The molecule has 0 bridgehead atoms. The highest BCUT2D eigenvalue weighted by Crippen LogP contribution is 2.14. The molecule has 1 aromatic carbocycles. The number of nitrogens with one attached hydrogen (secondary N) is 2. The van der Waals surface area contributed by atoms with Gasteiger partial charge in [-0.25, -0.2) is 0 Å². The van der Waals surface area contributed by atoms with E-state index >= 15 is 0 Å². The minimum absolute atomic E-state index is 0.0794. The fourth-order valence-corrected chi connectivity index (χ4v) is 3.38. The first-order valence-electron chi connectivity index (χ1n) is 11.1. The predicted octanol–water partition coefficient (Wildman–Crippen LogP) is 3.69. The maximum Gasteiger partial charge on any atom is 0.267 e. The molecule has 0 aliphatic carbocycles. The van der Waals surface area contributed by atoms with Crippen molar-refractivity contribution in [3.63, 3.8) is 0 Å². The van der Waals surface area contributed by atoms with E-state index < -0.39 is 0 Å². The standard InChI is InChI=1S/C18H24ClN3O2.C6H11NO/c1-3-5-15(16(4-2)21-10-11-23)17(20)18(24)22-12-13-6-8-14(19)9-7-13;1-2-5-3-4-6(8)7-5/h6-9,11H,3-5,10,12,20H2,1-2H3,(H,22,24);5H,2-4H2,1H3,(H,7,8)/b17-15-,21-16?;. The Labute approximate surface area is 195 Å². The van der Waals surface area contributed by atoms with Crippen LogP contribution < -0.4 is 16.4 Å². The minimum Gasteiger partial charge on any atom is -0.394 e. The SMILES string of the molecule is CCC/C(C(CC)=NCC=O)=C(/N)C(=O)NCc1ccc(Cl)cc1.CCC1CCC(=O)N1. The van der Waals surface area contributed by atoms with Crippen molar-refractivity contribution in [1.29, 1.82) is 0 Å². The third kappa shape index (κ3) is 9.64. The van der Waals surface area contributed by atoms with Crippen molar-refractivity contribution in [2.45, 2.75) is 71.9 Å². The summed E-state index contributed by atoms with van der Waals surface area (Å²) in [5, 5.41) is 6.31. The van der Waals surface area contributed by atoms with E-state index in [0.717, 1.165) is 43.1 Å². The number of hydrogen-bond acceptors (Lipinski definition) is 5. The number of benzene rings is 1. The fourth-order valence-electron chi connectivity index (χ4n) is 3.25. The van der Waals surface area contributed by atoms with Gasteiger partial charge in [0.05, 0.1) is 6.54 Å². The van der Waals surface area contributed by atoms with Gasteiger partial charge in [0.15, 0.2) is 0 Å². The largest absolute Gasteiger partial charge is 0.394 e. The van der Waals surface area contributed by atoms with Crippen molar-refractivity contribution >= 4 is 35.4 Å². The summed E-state index contributed by atoms with van der Waals surface area (Å²) in [5.41, 5.74) is 8.59. The Morgan fingerprint density at radius 3 is 2.44 bits per heavy atom. The average Bonchev–Trinajstić information content (AvgIpc) is 3.23. The monoisotopic (exact) mass is 462 g/mol. The summed E-state index contributed by atoms with van der Waals surface area (Å²) in [7, 11) is 0. The Balaban J connectivity index is 0.000000533. The van der Waals surface area contributed by atoms with E-state index in [1.54, 1.807) is 12.1 Å². The summed E-state index contributed by atoms with van der Waals surface area (Å²) in [6, 6.07) is 7.71. The van der Waals surface area contributed by atoms with Crippen LogP contribution in [0.15, 0.2) is 40.5 Å². The molecule has 2 amide bonds. The van der Waals surface area contributed by atoms with Crippen molar-refractivity contribution in [3.8, 4) is 0 Å². The molecule has 176 valence electrons. The molecule has 0 spiro atoms. The molecule has 1 unspecified atom stereocenters. The molecule has 0 radical (unpaired) electrons. The van der Waals surface area contributed by atoms with E-state index in [1.165, 1.54) is 0 Å². The summed E-state index contributed by atoms with van der Waals surface area (Å²) in [5.74, 6) is -0.113. The van der Waals surface area contributed by atoms with Crippen LogP contribution in [0, 0.1) is 0 Å². The van der Waals surface area contributed by atoms with Crippen LogP contribution in [0.5, 0.6) is 0 Å². The topological polar surface area (TPSA) is 114 Å². The molecule has 8 heteroatoms. The first-order chi connectivity index (χ1) is 15.4. The maximum atomic E-state index is 12.3. The third-order valence-corrected chi connectivity index (χ3v) is 5.31. The number of aldehydes is 1. The van der Waals surface area contributed by atoms with Gasteiger partial charge in [0.2, 0.25) is 5.91 Å². The molecule has 1 aromatic rings. The first kappa shape index (κ1) is 27.4. The van der Waals surface area contributed by atoms with Crippen molar-refractivity contribution in [3.05, 3.63) is 46.1 Å². The lowest BCUT2D eigenvalue weighted by molar-refractivity contribution is -0.119. The zero-order valence-electron chi connectivity index (χ0n) is 19.2. The summed E-state index contributed by atoms with van der Waals surface area (Å²) in [4.78, 5) is 37.6. The number of halogens is 1. The van der Waals surface area contributed by atoms with Crippen LogP contribution in [0.4, 0.5) is 0 Å². The number of allylic oxidation sites excluding steroid dienone is 1. The highest BCUT2D eigenvalue weighted by molar-refractivity contribution is 6.30. The van der Waals surface area contributed by atoms with Gasteiger partial charge < -0.3 is 21.2 Å². The Kier molecular flexibility index (Phi) is 13.0. The average molecular weight is 463 g/mol. The highest BCUT2D eigenvalue weighted by atomic mass is 35.5. The zero-order valence-corrected chi connectivity index (χ0v) is 20.0. The molecular formula is C24H35ClN4O3. The molecule has 1 aliphatic rings. The normalized spacial score (nSPS) is 16.4. The zero-order chi connectivity index (χ0) is 23.9. The second-order valence-electron chi connectivity index (χ2n) is 7.47. The van der Waals surface area contributed by atoms with Crippen molar-refractivity contribution in [2.75, 3.05) is 6.54 Å². The molecule has 1 saturated heterocycles. The number of nitrogens with two attached hydrogens (primary N) is 1. The highest BCUT2D eigenvalue weighted by Gasteiger charge is 2.18. The lowest BCUT2D eigenvalue weighted by Gasteiger charge is -2.13. The van der Waals surface area contributed by atoms with Crippen LogP contribution in [0.2, 0.25) is 5.02 Å². The molecule has 1 aliphatic heterocycles. The van der Waals surface area contributed by atoms with Crippen LogP contribution in [-0.2, 0) is 20.9 Å². The molecule has 0 saturated carbocycles. The summed E-state index contributed by atoms with van der Waals surface area (Å²) >= 11 is 5.84. The number of carbonyl (C=O) groups is 3. The van der Waals surface area contributed by atoms with Crippen molar-refractivity contribution in [1.82, 2.24) is 10.6 Å². The summed E-state index contributed by atoms with van der Waals surface area (Å²) in [6.45, 7) is 6.47. The quantitative estimate of drug-likeness (QED) is 0.279. The lowest BCUT2D eigenvalue weighted by atomic mass is 10.0. The van der Waals surface area contributed by atoms with Gasteiger partial charge in [0.1, 0.15) is 12.0 Å². The maximum absolute atomic E-state index is 12.3. The molecule has 1 fully saturated rings. The number of nitrogens with zero attached hydrogens (tertiary/aromatic N) is 1. The number of amides is 2. The summed E-state index contributed by atoms with van der Waals surface area (Å²) < 4.78 is 0. The molecule has 2 rings (SSSR count). The molecule has 7 nitrogen and oxygen atoms in total. The molecule has 1 heterocycles. The Morgan fingerprint density at radius 1 is 1.28 bits per heavy atom. The van der Waals surface area contributed by atoms with Gasteiger partial charge in [-0.15, -0.1) is 0 Å². The second-order valence-corrected chi connectivity index (χ2v) is 7.91. The number of rotatable bonds is 10. The van der Waals surface area contributed by atoms with E-state index in [1.807, 2.05) is 26.0 Å². The lowest BCUT2D eigenvalue weighted by Crippen LogP contribution is -2.30. The molecule has 0 aromatic heterocycles. The number of hydrogen-bond donors (Lipinski definition) is 3. The smallest absolute Gasteiger partial charge is 0.267 e. The molecule has 1 atom stereocenters. The van der Waals surface area contributed by atoms with E-state index in [2.05, 4.69) is 22.5 Å². The van der Waals surface area contributed by atoms with Gasteiger partial charge in [-0.1, -0.05) is 50.9 Å². The second kappa shape index (κ2) is 15.2. The van der Waals surface area contributed by atoms with E-state index in [0.29, 0.717) is 36.2 Å². The molecular weight excluding hydrogens is 428 g/mol. The van der Waals surface area contributed by atoms with Crippen LogP contribution in [-0.4, -0.2) is 36.4 Å². The molecule has 32 heavy (non-hydrogen) atoms. The Bertz CT molecular complexity index is 819. The van der Waals surface area contributed by atoms with Gasteiger partial charge in [0, 0.05) is 35.3 Å². The molecule has 4 N–H and O–H groups in total. The van der Waals surface area contributed by atoms with Gasteiger partial charge in [-0.05, 0) is 43.4 Å². The van der Waals surface area contributed by atoms with Gasteiger partial charge >= 0.3 is 0 Å².